The zero-order valence-electron chi connectivity index (χ0n) is 11.0. The fourth-order valence-electron chi connectivity index (χ4n) is 1.33. The van der Waals surface area contributed by atoms with Crippen molar-refractivity contribution in [1.29, 1.82) is 0 Å². The van der Waals surface area contributed by atoms with E-state index in [2.05, 4.69) is 5.32 Å². The average molecular weight is 286 g/mol. The van der Waals surface area contributed by atoms with Crippen LogP contribution in [0.25, 0.3) is 0 Å². The van der Waals surface area contributed by atoms with E-state index in [0.717, 1.165) is 0 Å². The van der Waals surface area contributed by atoms with Crippen molar-refractivity contribution >= 4 is 16.5 Å². The lowest BCUT2D eigenvalue weighted by Crippen LogP contribution is -2.30. The third-order valence-corrected chi connectivity index (χ3v) is 3.89. The number of hydrogen-bond donors (Lipinski definition) is 1. The van der Waals surface area contributed by atoms with Gasteiger partial charge in [0.2, 0.25) is 0 Å². The summed E-state index contributed by atoms with van der Waals surface area (Å²) >= 11 is 0. The van der Waals surface area contributed by atoms with Gasteiger partial charge in [-0.05, 0) is 19.1 Å². The van der Waals surface area contributed by atoms with E-state index in [1.54, 1.807) is 18.4 Å². The maximum atomic E-state index is 11.1. The van der Waals surface area contributed by atoms with Crippen molar-refractivity contribution in [2.24, 2.45) is 0 Å². The summed E-state index contributed by atoms with van der Waals surface area (Å²) in [6.45, 7) is 3.69. The minimum atomic E-state index is -0.826. The van der Waals surface area contributed by atoms with Gasteiger partial charge >= 0.3 is 0 Å². The van der Waals surface area contributed by atoms with Gasteiger partial charge in [0.05, 0.1) is 4.92 Å². The third-order valence-electron chi connectivity index (χ3n) is 2.59. The molecule has 0 spiro atoms. The van der Waals surface area contributed by atoms with Crippen LogP contribution >= 0.6 is 0 Å². The van der Waals surface area contributed by atoms with E-state index >= 15 is 0 Å². The third kappa shape index (κ3) is 5.80. The number of benzene rings is 1. The van der Waals surface area contributed by atoms with Gasteiger partial charge in [-0.1, -0.05) is 0 Å². The number of nitro benzene ring substituents is 1. The zero-order valence-corrected chi connectivity index (χ0v) is 11.8. The van der Waals surface area contributed by atoms with Crippen LogP contribution in [-0.4, -0.2) is 40.3 Å². The van der Waals surface area contributed by atoms with Crippen LogP contribution in [0.2, 0.25) is 0 Å². The quantitative estimate of drug-likeness (QED) is 0.443. The summed E-state index contributed by atoms with van der Waals surface area (Å²) in [7, 11) is -0.826. The standard InChI is InChI=1S/C12H18N2O4S/c1-10(19(2)17)9-13-7-8-18-12-5-3-11(4-6-12)14(15)16/h3-6,10,13H,7-9H2,1-2H3. The predicted octanol–water partition coefficient (Wildman–Crippen LogP) is 1.33. The molecule has 2 unspecified atom stereocenters. The van der Waals surface area contributed by atoms with Crippen LogP contribution < -0.4 is 10.1 Å². The molecule has 19 heavy (non-hydrogen) atoms. The Bertz CT molecular complexity index is 436. The Kier molecular flexibility index (Phi) is 6.44. The van der Waals surface area contributed by atoms with Crippen LogP contribution in [0, 0.1) is 10.1 Å². The van der Waals surface area contributed by atoms with Crippen molar-refractivity contribution in [2.45, 2.75) is 12.2 Å². The molecule has 0 saturated carbocycles. The van der Waals surface area contributed by atoms with E-state index in [1.807, 2.05) is 6.92 Å². The second-order valence-electron chi connectivity index (χ2n) is 4.11. The molecule has 1 aromatic carbocycles. The molecule has 0 aromatic heterocycles. The molecule has 2 atom stereocenters. The molecule has 1 N–H and O–H groups in total. The van der Waals surface area contributed by atoms with E-state index < -0.39 is 15.7 Å². The van der Waals surface area contributed by atoms with Gasteiger partial charge in [-0.25, -0.2) is 0 Å². The summed E-state index contributed by atoms with van der Waals surface area (Å²) in [5.74, 6) is 0.597. The fraction of sp³-hybridized carbons (Fsp3) is 0.500. The number of rotatable bonds is 8. The van der Waals surface area contributed by atoms with Gasteiger partial charge in [0.15, 0.2) is 0 Å². The summed E-state index contributed by atoms with van der Waals surface area (Å²) in [6, 6.07) is 5.96. The minimum absolute atomic E-state index is 0.0460. The lowest BCUT2D eigenvalue weighted by Gasteiger charge is -2.10. The van der Waals surface area contributed by atoms with E-state index in [9.17, 15) is 14.3 Å². The van der Waals surface area contributed by atoms with Crippen LogP contribution in [0.4, 0.5) is 5.69 Å². The second kappa shape index (κ2) is 7.85. The first-order valence-electron chi connectivity index (χ1n) is 5.91. The molecule has 0 aliphatic rings. The van der Waals surface area contributed by atoms with Crippen molar-refractivity contribution in [3.8, 4) is 5.75 Å². The molecular formula is C12H18N2O4S. The summed E-state index contributed by atoms with van der Waals surface area (Å²) in [5.41, 5.74) is 0.0460. The number of nitrogens with zero attached hydrogens (tertiary/aromatic N) is 1. The highest BCUT2D eigenvalue weighted by Crippen LogP contribution is 2.16. The molecule has 0 aliphatic carbocycles. The first kappa shape index (κ1) is 15.6. The molecule has 0 saturated heterocycles. The van der Waals surface area contributed by atoms with Crippen LogP contribution in [0.15, 0.2) is 24.3 Å². The Morgan fingerprint density at radius 1 is 1.42 bits per heavy atom. The van der Waals surface area contributed by atoms with Gasteiger partial charge in [0.1, 0.15) is 12.4 Å². The zero-order chi connectivity index (χ0) is 14.3. The maximum Gasteiger partial charge on any atom is 0.269 e. The molecule has 0 radical (unpaired) electrons. The number of ether oxygens (including phenoxy) is 1. The van der Waals surface area contributed by atoms with Crippen molar-refractivity contribution in [3.63, 3.8) is 0 Å². The van der Waals surface area contributed by atoms with Crippen molar-refractivity contribution in [1.82, 2.24) is 5.32 Å². The number of non-ortho nitro benzene ring substituents is 1. The van der Waals surface area contributed by atoms with Crippen molar-refractivity contribution in [2.75, 3.05) is 26.0 Å². The van der Waals surface area contributed by atoms with E-state index in [0.29, 0.717) is 25.4 Å². The molecule has 1 rings (SSSR count). The normalized spacial score (nSPS) is 13.8. The van der Waals surface area contributed by atoms with E-state index in [4.69, 9.17) is 4.74 Å². The fourth-order valence-corrected chi connectivity index (χ4v) is 1.68. The average Bonchev–Trinajstić information content (AvgIpc) is 2.38. The molecule has 6 nitrogen and oxygen atoms in total. The molecule has 0 fully saturated rings. The molecular weight excluding hydrogens is 268 g/mol. The van der Waals surface area contributed by atoms with Crippen LogP contribution in [-0.2, 0) is 10.8 Å². The Balaban J connectivity index is 2.22. The molecule has 7 heteroatoms. The van der Waals surface area contributed by atoms with Crippen molar-refractivity contribution in [3.05, 3.63) is 34.4 Å². The Labute approximate surface area is 114 Å². The van der Waals surface area contributed by atoms with E-state index in [-0.39, 0.29) is 10.9 Å². The monoisotopic (exact) mass is 286 g/mol. The highest BCUT2D eigenvalue weighted by Gasteiger charge is 2.05. The van der Waals surface area contributed by atoms with Crippen molar-refractivity contribution < 1.29 is 13.9 Å². The molecule has 0 amide bonds. The summed E-state index contributed by atoms with van der Waals surface area (Å²) in [5, 5.41) is 13.7. The summed E-state index contributed by atoms with van der Waals surface area (Å²) in [6.07, 6.45) is 1.68. The van der Waals surface area contributed by atoms with Gasteiger partial charge < -0.3 is 10.1 Å². The van der Waals surface area contributed by atoms with Gasteiger partial charge in [-0.15, -0.1) is 0 Å². The largest absolute Gasteiger partial charge is 0.492 e. The van der Waals surface area contributed by atoms with Crippen LogP contribution in [0.5, 0.6) is 5.75 Å². The first-order valence-corrected chi connectivity index (χ1v) is 7.53. The van der Waals surface area contributed by atoms with Gasteiger partial charge in [-0.3, -0.25) is 14.3 Å². The highest BCUT2D eigenvalue weighted by atomic mass is 32.2. The number of hydrogen-bond acceptors (Lipinski definition) is 5. The van der Waals surface area contributed by atoms with E-state index in [1.165, 1.54) is 12.1 Å². The molecule has 0 heterocycles. The SMILES string of the molecule is CC(CNCCOc1ccc([N+](=O)[O-])cc1)S(C)=O. The topological polar surface area (TPSA) is 81.5 Å². The number of nitro groups is 1. The Morgan fingerprint density at radius 2 is 2.05 bits per heavy atom. The summed E-state index contributed by atoms with van der Waals surface area (Å²) < 4.78 is 16.5. The van der Waals surface area contributed by atoms with Gasteiger partial charge in [-0.2, -0.15) is 0 Å². The second-order valence-corrected chi connectivity index (χ2v) is 5.91. The number of nitrogens with one attached hydrogen (secondary N) is 1. The molecule has 1 aromatic rings. The van der Waals surface area contributed by atoms with Crippen LogP contribution in [0.1, 0.15) is 6.92 Å². The van der Waals surface area contributed by atoms with Crippen LogP contribution in [0.3, 0.4) is 0 Å². The molecule has 0 aliphatic heterocycles. The maximum absolute atomic E-state index is 11.1. The Morgan fingerprint density at radius 3 is 2.58 bits per heavy atom. The molecule has 0 bridgehead atoms. The van der Waals surface area contributed by atoms with Gasteiger partial charge in [0.25, 0.3) is 5.69 Å². The predicted molar refractivity (Wildman–Crippen MR) is 75.0 cm³/mol. The lowest BCUT2D eigenvalue weighted by molar-refractivity contribution is -0.384. The minimum Gasteiger partial charge on any atom is -0.492 e. The lowest BCUT2D eigenvalue weighted by atomic mass is 10.3. The van der Waals surface area contributed by atoms with Gasteiger partial charge in [0, 0.05) is 47.5 Å². The first-order chi connectivity index (χ1) is 9.00. The summed E-state index contributed by atoms with van der Waals surface area (Å²) in [4.78, 5) is 10.0. The highest BCUT2D eigenvalue weighted by molar-refractivity contribution is 7.84. The molecule has 106 valence electrons. The Hall–Kier alpha value is -1.47. The smallest absolute Gasteiger partial charge is 0.269 e.